The Kier molecular flexibility index (Phi) is 6.85. The minimum atomic E-state index is -0.164. The third-order valence-corrected chi connectivity index (χ3v) is 4.98. The summed E-state index contributed by atoms with van der Waals surface area (Å²) in [6.45, 7) is 5.50. The molecule has 5 heteroatoms. The van der Waals surface area contributed by atoms with E-state index >= 15 is 0 Å². The monoisotopic (exact) mass is 367 g/mol. The van der Waals surface area contributed by atoms with Crippen molar-refractivity contribution in [3.05, 3.63) is 65.7 Å². The highest BCUT2D eigenvalue weighted by molar-refractivity contribution is 5.80. The van der Waals surface area contributed by atoms with Crippen LogP contribution in [0.3, 0.4) is 0 Å². The molecule has 0 spiro atoms. The van der Waals surface area contributed by atoms with Gasteiger partial charge in [0.05, 0.1) is 24.6 Å². The van der Waals surface area contributed by atoms with E-state index in [1.165, 1.54) is 0 Å². The Balaban J connectivity index is 1.61. The molecule has 2 aromatic carbocycles. The fourth-order valence-corrected chi connectivity index (χ4v) is 3.31. The van der Waals surface area contributed by atoms with Gasteiger partial charge >= 0.3 is 0 Å². The maximum absolute atomic E-state index is 12.8. The number of benzene rings is 2. The minimum absolute atomic E-state index is 0.0192. The van der Waals surface area contributed by atoms with Crippen molar-refractivity contribution in [3.63, 3.8) is 0 Å². The summed E-state index contributed by atoms with van der Waals surface area (Å²) in [7, 11) is 0. The molecule has 0 saturated carbocycles. The molecule has 3 unspecified atom stereocenters. The van der Waals surface area contributed by atoms with Crippen molar-refractivity contribution in [1.82, 2.24) is 16.2 Å². The molecule has 1 fully saturated rings. The number of hydrogen-bond donors (Lipinski definition) is 3. The van der Waals surface area contributed by atoms with Crippen LogP contribution in [0.5, 0.6) is 5.75 Å². The zero-order chi connectivity index (χ0) is 19.1. The maximum atomic E-state index is 12.8. The Hall–Kier alpha value is -2.37. The second-order valence-electron chi connectivity index (χ2n) is 7.02. The van der Waals surface area contributed by atoms with Crippen LogP contribution in [-0.2, 0) is 4.79 Å². The number of ether oxygens (including phenoxy) is 1. The minimum Gasteiger partial charge on any atom is -0.494 e. The highest BCUT2D eigenvalue weighted by atomic mass is 16.5. The molecule has 144 valence electrons. The Morgan fingerprint density at radius 1 is 1.19 bits per heavy atom. The summed E-state index contributed by atoms with van der Waals surface area (Å²) in [5, 5.41) is 3.14. The molecular weight excluding hydrogens is 338 g/mol. The molecule has 3 rings (SSSR count). The van der Waals surface area contributed by atoms with E-state index in [0.717, 1.165) is 36.3 Å². The van der Waals surface area contributed by atoms with Gasteiger partial charge in [-0.2, -0.15) is 0 Å². The summed E-state index contributed by atoms with van der Waals surface area (Å²) in [6.07, 6.45) is 2.17. The number of hydrogen-bond acceptors (Lipinski definition) is 4. The van der Waals surface area contributed by atoms with Crippen LogP contribution < -0.4 is 20.9 Å². The quantitative estimate of drug-likeness (QED) is 0.625. The molecule has 0 radical (unpaired) electrons. The van der Waals surface area contributed by atoms with Gasteiger partial charge in [-0.25, -0.2) is 5.43 Å². The molecule has 1 amide bonds. The molecule has 0 aromatic heterocycles. The summed E-state index contributed by atoms with van der Waals surface area (Å²) in [4.78, 5) is 12.8. The first kappa shape index (κ1) is 19.4. The van der Waals surface area contributed by atoms with Crippen LogP contribution in [0.1, 0.15) is 49.9 Å². The van der Waals surface area contributed by atoms with Crippen LogP contribution in [0.15, 0.2) is 54.6 Å². The smallest absolute Gasteiger partial charge is 0.226 e. The van der Waals surface area contributed by atoms with Crippen LogP contribution in [0.4, 0.5) is 0 Å². The summed E-state index contributed by atoms with van der Waals surface area (Å²) in [5.74, 6) is 0.761. The number of hydrazine groups is 1. The Labute approximate surface area is 161 Å². The summed E-state index contributed by atoms with van der Waals surface area (Å²) >= 11 is 0. The Morgan fingerprint density at radius 2 is 1.93 bits per heavy atom. The Bertz CT molecular complexity index is 718. The van der Waals surface area contributed by atoms with E-state index in [1.54, 1.807) is 0 Å². The normalized spacial score (nSPS) is 20.2. The predicted molar refractivity (Wildman–Crippen MR) is 107 cm³/mol. The molecule has 0 bridgehead atoms. The molecule has 1 aliphatic rings. The maximum Gasteiger partial charge on any atom is 0.226 e. The van der Waals surface area contributed by atoms with Crippen molar-refractivity contribution in [2.45, 2.75) is 38.8 Å². The lowest BCUT2D eigenvalue weighted by Gasteiger charge is -2.21. The largest absolute Gasteiger partial charge is 0.494 e. The van der Waals surface area contributed by atoms with E-state index in [1.807, 2.05) is 61.5 Å². The molecule has 1 saturated heterocycles. The fraction of sp³-hybridized carbons (Fsp3) is 0.409. The SMILES string of the molecule is CCCCOc1ccc(C2NNCC2C(=O)NC(C)c2ccccc2)cc1. The number of amides is 1. The number of carbonyl (C=O) groups excluding carboxylic acids is 1. The van der Waals surface area contributed by atoms with Gasteiger partial charge in [-0.15, -0.1) is 0 Å². The molecule has 5 nitrogen and oxygen atoms in total. The standard InChI is InChI=1S/C22H29N3O2/c1-3-4-14-27-19-12-10-18(11-13-19)21-20(15-23-25-21)22(26)24-16(2)17-8-6-5-7-9-17/h5-13,16,20-21,23,25H,3-4,14-15H2,1-2H3,(H,24,26). The number of unbranched alkanes of at least 4 members (excludes halogenated alkanes) is 1. The summed E-state index contributed by atoms with van der Waals surface area (Å²) < 4.78 is 5.72. The molecular formula is C22H29N3O2. The van der Waals surface area contributed by atoms with Crippen molar-refractivity contribution >= 4 is 5.91 Å². The predicted octanol–water partition coefficient (Wildman–Crippen LogP) is 3.51. The van der Waals surface area contributed by atoms with E-state index < -0.39 is 0 Å². The lowest BCUT2D eigenvalue weighted by atomic mass is 9.93. The van der Waals surface area contributed by atoms with Crippen molar-refractivity contribution < 1.29 is 9.53 Å². The average Bonchev–Trinajstić information content (AvgIpc) is 3.19. The molecule has 3 N–H and O–H groups in total. The number of rotatable bonds is 8. The van der Waals surface area contributed by atoms with Gasteiger partial charge in [0, 0.05) is 6.54 Å². The van der Waals surface area contributed by atoms with Crippen LogP contribution in [-0.4, -0.2) is 19.1 Å². The molecule has 1 aliphatic heterocycles. The summed E-state index contributed by atoms with van der Waals surface area (Å²) in [5.41, 5.74) is 8.55. The van der Waals surface area contributed by atoms with Gasteiger partial charge in [-0.1, -0.05) is 55.8 Å². The fourth-order valence-electron chi connectivity index (χ4n) is 3.31. The van der Waals surface area contributed by atoms with Gasteiger partial charge in [-0.05, 0) is 36.6 Å². The number of carbonyl (C=O) groups is 1. The van der Waals surface area contributed by atoms with Crippen LogP contribution in [0.2, 0.25) is 0 Å². The van der Waals surface area contributed by atoms with Crippen molar-refractivity contribution in [1.29, 1.82) is 0 Å². The van der Waals surface area contributed by atoms with E-state index in [4.69, 9.17) is 4.74 Å². The van der Waals surface area contributed by atoms with Gasteiger partial charge in [0.25, 0.3) is 0 Å². The van der Waals surface area contributed by atoms with Crippen LogP contribution >= 0.6 is 0 Å². The molecule has 27 heavy (non-hydrogen) atoms. The van der Waals surface area contributed by atoms with Crippen molar-refractivity contribution in [3.8, 4) is 5.75 Å². The second-order valence-corrected chi connectivity index (χ2v) is 7.02. The van der Waals surface area contributed by atoms with Crippen LogP contribution in [0.25, 0.3) is 0 Å². The second kappa shape index (κ2) is 9.53. The first-order valence-electron chi connectivity index (χ1n) is 9.75. The lowest BCUT2D eigenvalue weighted by molar-refractivity contribution is -0.125. The first-order valence-corrected chi connectivity index (χ1v) is 9.75. The van der Waals surface area contributed by atoms with Gasteiger partial charge in [0.2, 0.25) is 5.91 Å². The molecule has 1 heterocycles. The third-order valence-electron chi connectivity index (χ3n) is 4.98. The van der Waals surface area contributed by atoms with Gasteiger partial charge in [0.15, 0.2) is 0 Å². The zero-order valence-corrected chi connectivity index (χ0v) is 16.1. The first-order chi connectivity index (χ1) is 13.2. The lowest BCUT2D eigenvalue weighted by Crippen LogP contribution is -2.36. The Morgan fingerprint density at radius 3 is 2.63 bits per heavy atom. The molecule has 0 aliphatic carbocycles. The van der Waals surface area contributed by atoms with E-state index in [2.05, 4.69) is 23.1 Å². The summed E-state index contributed by atoms with van der Waals surface area (Å²) in [6, 6.07) is 18.0. The topological polar surface area (TPSA) is 62.4 Å². The highest BCUT2D eigenvalue weighted by Gasteiger charge is 2.34. The zero-order valence-electron chi connectivity index (χ0n) is 16.1. The van der Waals surface area contributed by atoms with E-state index in [9.17, 15) is 4.79 Å². The molecule has 3 atom stereocenters. The average molecular weight is 367 g/mol. The van der Waals surface area contributed by atoms with Gasteiger partial charge in [0.1, 0.15) is 5.75 Å². The highest BCUT2D eigenvalue weighted by Crippen LogP contribution is 2.27. The van der Waals surface area contributed by atoms with Crippen molar-refractivity contribution in [2.24, 2.45) is 5.92 Å². The van der Waals surface area contributed by atoms with Crippen molar-refractivity contribution in [2.75, 3.05) is 13.2 Å². The van der Waals surface area contributed by atoms with E-state index in [-0.39, 0.29) is 23.9 Å². The van der Waals surface area contributed by atoms with Gasteiger partial charge < -0.3 is 10.1 Å². The third kappa shape index (κ3) is 5.08. The number of nitrogens with one attached hydrogen (secondary N) is 3. The van der Waals surface area contributed by atoms with Crippen LogP contribution in [0, 0.1) is 5.92 Å². The molecule has 2 aromatic rings. The van der Waals surface area contributed by atoms with E-state index in [0.29, 0.717) is 6.54 Å². The van der Waals surface area contributed by atoms with Gasteiger partial charge in [-0.3, -0.25) is 10.2 Å².